The lowest BCUT2D eigenvalue weighted by molar-refractivity contribution is 0.503. The van der Waals surface area contributed by atoms with Gasteiger partial charge < -0.3 is 10.6 Å². The van der Waals surface area contributed by atoms with Gasteiger partial charge in [-0.05, 0) is 37.5 Å². The van der Waals surface area contributed by atoms with E-state index in [1.54, 1.807) is 0 Å². The Labute approximate surface area is 108 Å². The van der Waals surface area contributed by atoms with Gasteiger partial charge in [-0.1, -0.05) is 18.2 Å². The molecule has 3 rings (SSSR count). The number of aryl methyl sites for hydroxylation is 1. The summed E-state index contributed by atoms with van der Waals surface area (Å²) < 4.78 is 0. The Morgan fingerprint density at radius 2 is 2.17 bits per heavy atom. The highest BCUT2D eigenvalue weighted by Crippen LogP contribution is 2.25. The number of hydrogen-bond acceptors (Lipinski definition) is 3. The van der Waals surface area contributed by atoms with Crippen LogP contribution in [0, 0.1) is 6.92 Å². The number of aromatic nitrogens is 1. The van der Waals surface area contributed by atoms with E-state index >= 15 is 0 Å². The van der Waals surface area contributed by atoms with Crippen molar-refractivity contribution >= 4 is 16.7 Å². The number of para-hydroxylation sites is 1. The molecule has 1 fully saturated rings. The van der Waals surface area contributed by atoms with Crippen LogP contribution in [0.2, 0.25) is 0 Å². The summed E-state index contributed by atoms with van der Waals surface area (Å²) in [6, 6.07) is 10.8. The van der Waals surface area contributed by atoms with Crippen molar-refractivity contribution in [1.82, 2.24) is 4.98 Å². The van der Waals surface area contributed by atoms with Gasteiger partial charge in [0.25, 0.3) is 0 Å². The molecule has 0 radical (unpaired) electrons. The van der Waals surface area contributed by atoms with Crippen molar-refractivity contribution in [3.63, 3.8) is 0 Å². The highest BCUT2D eigenvalue weighted by Gasteiger charge is 2.19. The van der Waals surface area contributed by atoms with Crippen molar-refractivity contribution in [2.75, 3.05) is 18.0 Å². The van der Waals surface area contributed by atoms with E-state index in [0.29, 0.717) is 0 Å². The molecule has 1 unspecified atom stereocenters. The van der Waals surface area contributed by atoms with E-state index < -0.39 is 0 Å². The average molecular weight is 241 g/mol. The molecule has 0 bridgehead atoms. The van der Waals surface area contributed by atoms with Crippen LogP contribution < -0.4 is 10.6 Å². The Morgan fingerprint density at radius 1 is 1.33 bits per heavy atom. The fraction of sp³-hybridized carbons (Fsp3) is 0.400. The SMILES string of the molecule is Cc1cc2ccccc2nc1N1CCCC(N)C1. The second kappa shape index (κ2) is 4.58. The first-order chi connectivity index (χ1) is 8.74. The van der Waals surface area contributed by atoms with Crippen molar-refractivity contribution in [2.45, 2.75) is 25.8 Å². The van der Waals surface area contributed by atoms with Gasteiger partial charge in [-0.2, -0.15) is 0 Å². The zero-order chi connectivity index (χ0) is 12.5. The van der Waals surface area contributed by atoms with E-state index in [9.17, 15) is 0 Å². The van der Waals surface area contributed by atoms with Gasteiger partial charge in [0.05, 0.1) is 5.52 Å². The van der Waals surface area contributed by atoms with Crippen LogP contribution in [0.5, 0.6) is 0 Å². The summed E-state index contributed by atoms with van der Waals surface area (Å²) in [5.74, 6) is 1.10. The molecule has 2 aromatic rings. The van der Waals surface area contributed by atoms with E-state index in [4.69, 9.17) is 10.7 Å². The Morgan fingerprint density at radius 3 is 3.00 bits per heavy atom. The molecule has 0 amide bonds. The van der Waals surface area contributed by atoms with Crippen molar-refractivity contribution in [3.05, 3.63) is 35.9 Å². The number of anilines is 1. The van der Waals surface area contributed by atoms with E-state index in [2.05, 4.69) is 36.1 Å². The third-order valence-electron chi connectivity index (χ3n) is 3.65. The summed E-state index contributed by atoms with van der Waals surface area (Å²) in [6.07, 6.45) is 2.29. The molecule has 1 aromatic carbocycles. The summed E-state index contributed by atoms with van der Waals surface area (Å²) >= 11 is 0. The van der Waals surface area contributed by atoms with Crippen LogP contribution in [0.4, 0.5) is 5.82 Å². The normalized spacial score (nSPS) is 20.3. The van der Waals surface area contributed by atoms with E-state index in [1.807, 2.05) is 6.07 Å². The highest BCUT2D eigenvalue weighted by atomic mass is 15.2. The largest absolute Gasteiger partial charge is 0.355 e. The summed E-state index contributed by atoms with van der Waals surface area (Å²) in [7, 11) is 0. The number of fused-ring (bicyclic) bond motifs is 1. The minimum absolute atomic E-state index is 0.284. The van der Waals surface area contributed by atoms with Gasteiger partial charge in [-0.25, -0.2) is 4.98 Å². The number of piperidine rings is 1. The van der Waals surface area contributed by atoms with Gasteiger partial charge in [0, 0.05) is 24.5 Å². The molecule has 1 saturated heterocycles. The average Bonchev–Trinajstić information content (AvgIpc) is 2.38. The van der Waals surface area contributed by atoms with Crippen LogP contribution in [0.3, 0.4) is 0 Å². The first-order valence-electron chi connectivity index (χ1n) is 6.61. The van der Waals surface area contributed by atoms with Crippen LogP contribution >= 0.6 is 0 Å². The van der Waals surface area contributed by atoms with Crippen LogP contribution in [0.15, 0.2) is 30.3 Å². The van der Waals surface area contributed by atoms with E-state index in [1.165, 1.54) is 10.9 Å². The van der Waals surface area contributed by atoms with Gasteiger partial charge >= 0.3 is 0 Å². The monoisotopic (exact) mass is 241 g/mol. The van der Waals surface area contributed by atoms with E-state index in [-0.39, 0.29) is 6.04 Å². The Hall–Kier alpha value is -1.61. The van der Waals surface area contributed by atoms with Crippen LogP contribution in [0.1, 0.15) is 18.4 Å². The van der Waals surface area contributed by atoms with Crippen molar-refractivity contribution in [2.24, 2.45) is 5.73 Å². The molecule has 1 aromatic heterocycles. The minimum atomic E-state index is 0.284. The lowest BCUT2D eigenvalue weighted by Gasteiger charge is -2.32. The first kappa shape index (κ1) is 11.5. The van der Waals surface area contributed by atoms with Crippen molar-refractivity contribution < 1.29 is 0 Å². The van der Waals surface area contributed by atoms with E-state index in [0.717, 1.165) is 37.3 Å². The molecule has 94 valence electrons. The first-order valence-corrected chi connectivity index (χ1v) is 6.61. The second-order valence-corrected chi connectivity index (χ2v) is 5.17. The van der Waals surface area contributed by atoms with Crippen LogP contribution in [-0.4, -0.2) is 24.1 Å². The predicted molar refractivity (Wildman–Crippen MR) is 75.9 cm³/mol. The quantitative estimate of drug-likeness (QED) is 0.834. The topological polar surface area (TPSA) is 42.2 Å². The Balaban J connectivity index is 2.02. The molecular formula is C15H19N3. The molecule has 2 heterocycles. The van der Waals surface area contributed by atoms with Gasteiger partial charge in [-0.3, -0.25) is 0 Å². The number of benzene rings is 1. The summed E-state index contributed by atoms with van der Waals surface area (Å²) in [5, 5.41) is 1.21. The molecule has 3 heteroatoms. The standard InChI is InChI=1S/C15H19N3/c1-11-9-12-5-2-3-7-14(12)17-15(11)18-8-4-6-13(16)10-18/h2-3,5,7,9,13H,4,6,8,10,16H2,1H3. The minimum Gasteiger partial charge on any atom is -0.355 e. The smallest absolute Gasteiger partial charge is 0.132 e. The zero-order valence-corrected chi connectivity index (χ0v) is 10.8. The van der Waals surface area contributed by atoms with Crippen LogP contribution in [0.25, 0.3) is 10.9 Å². The maximum Gasteiger partial charge on any atom is 0.132 e. The number of nitrogens with two attached hydrogens (primary N) is 1. The fourth-order valence-corrected chi connectivity index (χ4v) is 2.73. The molecule has 1 atom stereocenters. The molecule has 0 saturated carbocycles. The maximum atomic E-state index is 6.06. The summed E-state index contributed by atoms with van der Waals surface area (Å²) in [4.78, 5) is 7.13. The molecule has 1 aliphatic rings. The number of pyridine rings is 1. The van der Waals surface area contributed by atoms with Crippen molar-refractivity contribution in [3.8, 4) is 0 Å². The van der Waals surface area contributed by atoms with Gasteiger partial charge in [-0.15, -0.1) is 0 Å². The molecule has 1 aliphatic heterocycles. The second-order valence-electron chi connectivity index (χ2n) is 5.17. The molecular weight excluding hydrogens is 222 g/mol. The summed E-state index contributed by atoms with van der Waals surface area (Å²) in [6.45, 7) is 4.13. The Bertz CT molecular complexity index is 565. The molecule has 3 nitrogen and oxygen atoms in total. The summed E-state index contributed by atoms with van der Waals surface area (Å²) in [5.41, 5.74) is 8.36. The maximum absolute atomic E-state index is 6.06. The third-order valence-corrected chi connectivity index (χ3v) is 3.65. The predicted octanol–water partition coefficient (Wildman–Crippen LogP) is 2.47. The zero-order valence-electron chi connectivity index (χ0n) is 10.8. The van der Waals surface area contributed by atoms with Crippen LogP contribution in [-0.2, 0) is 0 Å². The molecule has 2 N–H and O–H groups in total. The third kappa shape index (κ3) is 2.06. The lowest BCUT2D eigenvalue weighted by Crippen LogP contribution is -2.43. The van der Waals surface area contributed by atoms with Gasteiger partial charge in [0.1, 0.15) is 5.82 Å². The van der Waals surface area contributed by atoms with Gasteiger partial charge in [0.2, 0.25) is 0 Å². The molecule has 18 heavy (non-hydrogen) atoms. The van der Waals surface area contributed by atoms with Crippen molar-refractivity contribution in [1.29, 1.82) is 0 Å². The van der Waals surface area contributed by atoms with Gasteiger partial charge in [0.15, 0.2) is 0 Å². The lowest BCUT2D eigenvalue weighted by atomic mass is 10.1. The number of hydrogen-bond donors (Lipinski definition) is 1. The fourth-order valence-electron chi connectivity index (χ4n) is 2.73. The Kier molecular flexibility index (Phi) is 2.92. The number of rotatable bonds is 1. The number of nitrogens with zero attached hydrogens (tertiary/aromatic N) is 2. The molecule has 0 aliphatic carbocycles. The molecule has 0 spiro atoms. The highest BCUT2D eigenvalue weighted by molar-refractivity contribution is 5.81.